The van der Waals surface area contributed by atoms with E-state index in [2.05, 4.69) is 46.7 Å². The van der Waals surface area contributed by atoms with Gasteiger partial charge >= 0.3 is 5.97 Å². The van der Waals surface area contributed by atoms with E-state index in [0.29, 0.717) is 22.8 Å². The van der Waals surface area contributed by atoms with E-state index in [0.717, 1.165) is 23.1 Å². The second-order valence-electron chi connectivity index (χ2n) is 16.3. The van der Waals surface area contributed by atoms with E-state index < -0.39 is 53.8 Å². The highest BCUT2D eigenvalue weighted by Crippen LogP contribution is 2.43. The van der Waals surface area contributed by atoms with Gasteiger partial charge in [0.05, 0.1) is 24.1 Å². The molecular formula is C45H56N8O9. The van der Waals surface area contributed by atoms with Gasteiger partial charge < -0.3 is 52.0 Å². The van der Waals surface area contributed by atoms with Gasteiger partial charge in [0, 0.05) is 36.7 Å². The quantitative estimate of drug-likeness (QED) is 0.107. The lowest BCUT2D eigenvalue weighted by Gasteiger charge is -2.32. The van der Waals surface area contributed by atoms with Crippen LogP contribution < -0.4 is 32.2 Å². The molecule has 0 saturated heterocycles. The molecule has 17 heteroatoms. The maximum Gasteiger partial charge on any atom is 0.328 e. The third-order valence-electron chi connectivity index (χ3n) is 10.7. The number of methoxy groups -OCH3 is 1. The van der Waals surface area contributed by atoms with Gasteiger partial charge in [-0.1, -0.05) is 51.1 Å². The molecule has 0 saturated carbocycles. The lowest BCUT2D eigenvalue weighted by Crippen LogP contribution is -2.55. The summed E-state index contributed by atoms with van der Waals surface area (Å²) in [7, 11) is 2.51. The van der Waals surface area contributed by atoms with Gasteiger partial charge in [-0.3, -0.25) is 19.2 Å². The molecule has 4 aromatic rings. The van der Waals surface area contributed by atoms with Crippen LogP contribution in [0, 0.1) is 13.8 Å². The summed E-state index contributed by atoms with van der Waals surface area (Å²) in [4.78, 5) is 79.7. The van der Waals surface area contributed by atoms with Gasteiger partial charge in [-0.2, -0.15) is 0 Å². The molecule has 3 aromatic carbocycles. The monoisotopic (exact) mass is 852 g/mol. The third-order valence-corrected chi connectivity index (χ3v) is 10.7. The lowest BCUT2D eigenvalue weighted by molar-refractivity contribution is -0.145. The highest BCUT2D eigenvalue weighted by molar-refractivity contribution is 6.00. The van der Waals surface area contributed by atoms with Crippen molar-refractivity contribution in [2.45, 2.75) is 84.0 Å². The minimum Gasteiger partial charge on any atom is -0.507 e. The van der Waals surface area contributed by atoms with Crippen LogP contribution in [0.2, 0.25) is 0 Å². The number of amides is 4. The first kappa shape index (κ1) is 46.5. The average molecular weight is 853 g/mol. The van der Waals surface area contributed by atoms with Crippen LogP contribution in [0.5, 0.6) is 17.2 Å². The van der Waals surface area contributed by atoms with Crippen molar-refractivity contribution in [3.8, 4) is 39.8 Å². The number of likely N-dealkylation sites (N-methyl/N-ethyl adjacent to an activating group) is 1. The Morgan fingerprint density at radius 1 is 0.935 bits per heavy atom. The van der Waals surface area contributed by atoms with Gasteiger partial charge in [-0.05, 0) is 80.1 Å². The van der Waals surface area contributed by atoms with Gasteiger partial charge in [-0.25, -0.2) is 14.8 Å². The van der Waals surface area contributed by atoms with Crippen LogP contribution in [0.3, 0.4) is 0 Å². The van der Waals surface area contributed by atoms with Crippen LogP contribution in [-0.4, -0.2) is 107 Å². The zero-order valence-electron chi connectivity index (χ0n) is 36.3. The van der Waals surface area contributed by atoms with Crippen LogP contribution in [0.4, 0.5) is 0 Å². The van der Waals surface area contributed by atoms with Gasteiger partial charge in [0.25, 0.3) is 5.91 Å². The van der Waals surface area contributed by atoms with E-state index in [1.165, 1.54) is 44.3 Å². The number of esters is 1. The molecule has 0 spiro atoms. The second kappa shape index (κ2) is 19.4. The van der Waals surface area contributed by atoms with Crippen molar-refractivity contribution in [3.05, 3.63) is 88.2 Å². The molecule has 9 N–H and O–H groups in total. The number of carbonyl (C=O) groups is 5. The first-order chi connectivity index (χ1) is 29.3. The Morgan fingerprint density at radius 3 is 2.19 bits per heavy atom. The Hall–Kier alpha value is -6.59. The molecule has 62 heavy (non-hydrogen) atoms. The minimum absolute atomic E-state index is 0.0104. The Balaban J connectivity index is 1.54. The van der Waals surface area contributed by atoms with E-state index in [4.69, 9.17) is 20.9 Å². The molecule has 2 heterocycles. The number of nitrogens with one attached hydrogen (secondary N) is 3. The number of phenols is 2. The normalized spacial score (nSPS) is 17.2. The first-order valence-electron chi connectivity index (χ1n) is 20.2. The number of benzene rings is 3. The zero-order chi connectivity index (χ0) is 45.6. The number of hydrogen-bond donors (Lipinski definition) is 7. The van der Waals surface area contributed by atoms with Crippen molar-refractivity contribution in [1.29, 1.82) is 0 Å². The van der Waals surface area contributed by atoms with Crippen molar-refractivity contribution in [1.82, 2.24) is 30.8 Å². The molecule has 5 rings (SSSR count). The van der Waals surface area contributed by atoms with E-state index in [9.17, 15) is 34.2 Å². The van der Waals surface area contributed by atoms with Crippen molar-refractivity contribution >= 4 is 29.6 Å². The Kier molecular flexibility index (Phi) is 14.6. The topological polar surface area (TPSA) is 261 Å². The number of hydrogen-bond acceptors (Lipinski definition) is 13. The third kappa shape index (κ3) is 10.3. The summed E-state index contributed by atoms with van der Waals surface area (Å²) >= 11 is 0. The van der Waals surface area contributed by atoms with E-state index in [1.54, 1.807) is 13.8 Å². The smallest absolute Gasteiger partial charge is 0.328 e. The fourth-order valence-electron chi connectivity index (χ4n) is 7.30. The van der Waals surface area contributed by atoms with Gasteiger partial charge in [-0.15, -0.1) is 0 Å². The summed E-state index contributed by atoms with van der Waals surface area (Å²) < 4.78 is 10.7. The van der Waals surface area contributed by atoms with Crippen LogP contribution in [0.15, 0.2) is 54.6 Å². The van der Waals surface area contributed by atoms with Gasteiger partial charge in [0.2, 0.25) is 17.7 Å². The number of aromatic nitrogens is 2. The second-order valence-corrected chi connectivity index (χ2v) is 16.3. The van der Waals surface area contributed by atoms with Crippen LogP contribution in [0.25, 0.3) is 22.5 Å². The number of aryl methyl sites for hydroxylation is 2. The number of nitrogens with zero attached hydrogens (tertiary/aromatic N) is 3. The fourth-order valence-corrected chi connectivity index (χ4v) is 7.30. The first-order valence-corrected chi connectivity index (χ1v) is 20.2. The largest absolute Gasteiger partial charge is 0.507 e. The van der Waals surface area contributed by atoms with E-state index in [-0.39, 0.29) is 77.5 Å². The number of fused-ring (bicyclic) bond motifs is 5. The highest BCUT2D eigenvalue weighted by Gasteiger charge is 2.36. The van der Waals surface area contributed by atoms with E-state index >= 15 is 0 Å². The highest BCUT2D eigenvalue weighted by atomic mass is 16.5. The van der Waals surface area contributed by atoms with Crippen molar-refractivity contribution in [3.63, 3.8) is 0 Å². The van der Waals surface area contributed by atoms with Crippen molar-refractivity contribution in [2.75, 3.05) is 33.9 Å². The SMILES string of the molecule is COC(=O)[C@@H]1Cc2cc(OCCN)c(O)c(c2)-c2cc(ccc2O)[C@H](N(C)C(=O)[C@H](CCN)NC(=O)c2c(C)nc(-c3ccc(C(C)(C)C)cc3)nc2C)C(=O)N[C@@H](C)C(=O)N1. The number of nitrogens with two attached hydrogens (primary N) is 2. The molecule has 17 nitrogen and oxygen atoms in total. The summed E-state index contributed by atoms with van der Waals surface area (Å²) in [5, 5.41) is 30.7. The van der Waals surface area contributed by atoms with E-state index in [1.807, 2.05) is 24.3 Å². The molecule has 1 aliphatic rings. The maximum atomic E-state index is 14.5. The predicted octanol–water partition coefficient (Wildman–Crippen LogP) is 2.84. The number of aromatic hydroxyl groups is 2. The molecule has 330 valence electrons. The van der Waals surface area contributed by atoms with Crippen LogP contribution in [0.1, 0.15) is 78.6 Å². The Bertz CT molecular complexity index is 2320. The molecule has 4 amide bonds. The molecule has 1 aromatic heterocycles. The molecule has 4 bridgehead atoms. The maximum absolute atomic E-state index is 14.5. The van der Waals surface area contributed by atoms with Crippen LogP contribution in [-0.2, 0) is 35.8 Å². The molecule has 0 aliphatic carbocycles. The average Bonchev–Trinajstić information content (AvgIpc) is 3.22. The number of carbonyl (C=O) groups excluding carboxylic acids is 5. The zero-order valence-corrected chi connectivity index (χ0v) is 36.3. The standard InChI is InChI=1S/C45H56N8O9/c1-23-36(24(2)49-39(48-23)27-9-12-29(13-10-27)45(4,5)6)41(57)51-32(15-16-46)43(59)53(7)37-28-11-14-34(54)30(22-28)31-19-26(21-35(38(31)55)62-18-17-47)20-33(44(60)61-8)52-40(56)25(3)50-42(37)58/h9-14,19,21-22,25,32-33,37,54-55H,15-18,20,46-47H2,1-8H3,(H,50,58)(H,51,57)(H,52,56)/t25-,32-,33-,37-/m0/s1. The number of ether oxygens (including phenoxy) is 2. The molecule has 0 unspecified atom stereocenters. The fraction of sp³-hybridized carbons (Fsp3) is 0.400. The minimum atomic E-state index is -1.48. The van der Waals surface area contributed by atoms with Gasteiger partial charge in [0.15, 0.2) is 17.3 Å². The summed E-state index contributed by atoms with van der Waals surface area (Å²) in [5.74, 6) is -3.96. The number of rotatable bonds is 11. The summed E-state index contributed by atoms with van der Waals surface area (Å²) in [6.45, 7) is 11.2. The molecular weight excluding hydrogens is 797 g/mol. The van der Waals surface area contributed by atoms with Gasteiger partial charge in [0.1, 0.15) is 36.5 Å². The molecule has 0 radical (unpaired) electrons. The summed E-state index contributed by atoms with van der Waals surface area (Å²) in [6.07, 6.45) is -0.151. The molecule has 0 fully saturated rings. The van der Waals surface area contributed by atoms with Crippen molar-refractivity contribution in [2.24, 2.45) is 11.5 Å². The number of phenolic OH excluding ortho intramolecular Hbond substituents is 2. The molecule has 1 aliphatic heterocycles. The van der Waals surface area contributed by atoms with Crippen molar-refractivity contribution < 1.29 is 43.7 Å². The summed E-state index contributed by atoms with van der Waals surface area (Å²) in [5.41, 5.74) is 15.1. The Labute approximate surface area is 360 Å². The summed E-state index contributed by atoms with van der Waals surface area (Å²) in [6, 6.07) is 9.79. The lowest BCUT2D eigenvalue weighted by atomic mass is 9.86. The molecule has 4 atom stereocenters. The predicted molar refractivity (Wildman–Crippen MR) is 231 cm³/mol. The Morgan fingerprint density at radius 2 is 1.60 bits per heavy atom. The van der Waals surface area contributed by atoms with Crippen LogP contribution >= 0.6 is 0 Å².